The van der Waals surface area contributed by atoms with E-state index in [1.807, 2.05) is 43.5 Å². The van der Waals surface area contributed by atoms with Gasteiger partial charge in [-0.2, -0.15) is 0 Å². The van der Waals surface area contributed by atoms with Gasteiger partial charge in [0.1, 0.15) is 5.82 Å². The monoisotopic (exact) mass is 247 g/mol. The summed E-state index contributed by atoms with van der Waals surface area (Å²) < 4.78 is 0. The Kier molecular flexibility index (Phi) is 3.02. The quantitative estimate of drug-likeness (QED) is 0.695. The molecule has 0 atom stereocenters. The third-order valence-corrected chi connectivity index (χ3v) is 2.91. The van der Waals surface area contributed by atoms with Crippen molar-refractivity contribution in [2.45, 2.75) is 6.92 Å². The summed E-state index contributed by atoms with van der Waals surface area (Å²) in [5, 5.41) is 0. The maximum Gasteiger partial charge on any atom is 0.125 e. The molecule has 3 nitrogen and oxygen atoms in total. The molecule has 0 saturated carbocycles. The predicted molar refractivity (Wildman–Crippen MR) is 75.4 cm³/mol. The molecule has 0 N–H and O–H groups in total. The minimum atomic E-state index is 0.754. The van der Waals surface area contributed by atoms with Gasteiger partial charge >= 0.3 is 0 Å². The third kappa shape index (κ3) is 2.50. The van der Waals surface area contributed by atoms with Crippen molar-refractivity contribution in [2.75, 3.05) is 0 Å². The predicted octanol–water partition coefficient (Wildman–Crippen LogP) is 3.51. The van der Waals surface area contributed by atoms with Crippen molar-refractivity contribution in [1.29, 1.82) is 0 Å². The Morgan fingerprint density at radius 3 is 2.32 bits per heavy atom. The van der Waals surface area contributed by atoms with Gasteiger partial charge in [0.05, 0.1) is 11.4 Å². The molecule has 3 aromatic rings. The fourth-order valence-corrected chi connectivity index (χ4v) is 1.98. The summed E-state index contributed by atoms with van der Waals surface area (Å²) in [5.74, 6) is 0.754. The highest BCUT2D eigenvalue weighted by atomic mass is 14.9. The first-order valence-corrected chi connectivity index (χ1v) is 6.14. The van der Waals surface area contributed by atoms with Crippen molar-refractivity contribution in [3.05, 3.63) is 66.7 Å². The molecule has 3 rings (SSSR count). The molecule has 0 amide bonds. The van der Waals surface area contributed by atoms with Gasteiger partial charge in [-0.1, -0.05) is 30.3 Å². The van der Waals surface area contributed by atoms with Gasteiger partial charge < -0.3 is 0 Å². The second-order valence-corrected chi connectivity index (χ2v) is 4.28. The number of benzene rings is 1. The lowest BCUT2D eigenvalue weighted by Crippen LogP contribution is -1.92. The minimum absolute atomic E-state index is 0.754. The molecular formula is C16H13N3. The number of hydrogen-bond donors (Lipinski definition) is 0. The molecule has 0 aliphatic rings. The Hall–Kier alpha value is -2.55. The zero-order valence-corrected chi connectivity index (χ0v) is 10.6. The highest BCUT2D eigenvalue weighted by molar-refractivity contribution is 5.68. The summed E-state index contributed by atoms with van der Waals surface area (Å²) in [5.41, 5.74) is 4.04. The molecule has 0 saturated heterocycles. The number of aromatic nitrogens is 3. The van der Waals surface area contributed by atoms with E-state index in [1.54, 1.807) is 6.20 Å². The maximum atomic E-state index is 4.40. The summed E-state index contributed by atoms with van der Waals surface area (Å²) in [4.78, 5) is 12.9. The lowest BCUT2D eigenvalue weighted by atomic mass is 10.1. The first kappa shape index (κ1) is 11.5. The van der Waals surface area contributed by atoms with Crippen LogP contribution in [-0.4, -0.2) is 15.0 Å². The van der Waals surface area contributed by atoms with Crippen LogP contribution in [0.1, 0.15) is 5.82 Å². The maximum absolute atomic E-state index is 4.40. The van der Waals surface area contributed by atoms with Gasteiger partial charge in [-0.15, -0.1) is 0 Å². The van der Waals surface area contributed by atoms with Crippen molar-refractivity contribution in [2.24, 2.45) is 0 Å². The van der Waals surface area contributed by atoms with Gasteiger partial charge in [0.2, 0.25) is 0 Å². The zero-order valence-electron chi connectivity index (χ0n) is 10.6. The SMILES string of the molecule is Cc1nccc(-c2cc(-c3ccccc3)ccn2)n1. The number of hydrogen-bond acceptors (Lipinski definition) is 3. The summed E-state index contributed by atoms with van der Waals surface area (Å²) in [6.45, 7) is 1.88. The van der Waals surface area contributed by atoms with Crippen LogP contribution in [0.3, 0.4) is 0 Å². The van der Waals surface area contributed by atoms with Crippen LogP contribution < -0.4 is 0 Å². The lowest BCUT2D eigenvalue weighted by molar-refractivity contribution is 1.05. The lowest BCUT2D eigenvalue weighted by Gasteiger charge is -2.04. The Morgan fingerprint density at radius 2 is 1.53 bits per heavy atom. The van der Waals surface area contributed by atoms with Crippen molar-refractivity contribution < 1.29 is 0 Å². The van der Waals surface area contributed by atoms with Crippen LogP contribution in [0.4, 0.5) is 0 Å². The first-order valence-electron chi connectivity index (χ1n) is 6.14. The summed E-state index contributed by atoms with van der Waals surface area (Å²) >= 11 is 0. The Bertz CT molecular complexity index is 693. The van der Waals surface area contributed by atoms with Gasteiger partial charge in [0, 0.05) is 12.4 Å². The number of pyridine rings is 1. The van der Waals surface area contributed by atoms with E-state index >= 15 is 0 Å². The molecule has 0 spiro atoms. The molecule has 92 valence electrons. The van der Waals surface area contributed by atoms with Gasteiger partial charge in [-0.3, -0.25) is 4.98 Å². The molecule has 0 fully saturated rings. The van der Waals surface area contributed by atoms with Crippen LogP contribution in [0.25, 0.3) is 22.5 Å². The molecule has 0 aliphatic heterocycles. The van der Waals surface area contributed by atoms with Crippen LogP contribution in [0.15, 0.2) is 60.9 Å². The van der Waals surface area contributed by atoms with Crippen molar-refractivity contribution in [3.63, 3.8) is 0 Å². The fraction of sp³-hybridized carbons (Fsp3) is 0.0625. The van der Waals surface area contributed by atoms with E-state index in [2.05, 4.69) is 33.2 Å². The zero-order chi connectivity index (χ0) is 13.1. The van der Waals surface area contributed by atoms with Gasteiger partial charge in [-0.05, 0) is 36.2 Å². The normalized spacial score (nSPS) is 10.4. The standard InChI is InChI=1S/C16H13N3/c1-12-17-10-8-15(19-12)16-11-14(7-9-18-16)13-5-3-2-4-6-13/h2-11H,1H3. The Morgan fingerprint density at radius 1 is 0.737 bits per heavy atom. The van der Waals surface area contributed by atoms with Crippen LogP contribution >= 0.6 is 0 Å². The summed E-state index contributed by atoms with van der Waals surface area (Å²) in [6.07, 6.45) is 3.57. The molecule has 0 bridgehead atoms. The molecule has 0 radical (unpaired) electrons. The highest BCUT2D eigenvalue weighted by Gasteiger charge is 2.04. The first-order chi connectivity index (χ1) is 9.33. The van der Waals surface area contributed by atoms with E-state index < -0.39 is 0 Å². The van der Waals surface area contributed by atoms with Gasteiger partial charge in [0.25, 0.3) is 0 Å². The molecule has 1 aromatic carbocycles. The summed E-state index contributed by atoms with van der Waals surface area (Å²) in [6, 6.07) is 16.2. The number of aryl methyl sites for hydroxylation is 1. The van der Waals surface area contributed by atoms with E-state index in [4.69, 9.17) is 0 Å². The average molecular weight is 247 g/mol. The number of nitrogens with zero attached hydrogens (tertiary/aromatic N) is 3. The van der Waals surface area contributed by atoms with Crippen molar-refractivity contribution >= 4 is 0 Å². The van der Waals surface area contributed by atoms with E-state index in [0.717, 1.165) is 22.8 Å². The molecule has 2 aromatic heterocycles. The number of rotatable bonds is 2. The van der Waals surface area contributed by atoms with Crippen molar-refractivity contribution in [1.82, 2.24) is 15.0 Å². The molecule has 19 heavy (non-hydrogen) atoms. The van der Waals surface area contributed by atoms with E-state index in [0.29, 0.717) is 0 Å². The van der Waals surface area contributed by atoms with Crippen LogP contribution in [0.2, 0.25) is 0 Å². The largest absolute Gasteiger partial charge is 0.255 e. The second-order valence-electron chi connectivity index (χ2n) is 4.28. The van der Waals surface area contributed by atoms with Gasteiger partial charge in [0.15, 0.2) is 0 Å². The van der Waals surface area contributed by atoms with Gasteiger partial charge in [-0.25, -0.2) is 9.97 Å². The molecule has 3 heteroatoms. The molecule has 0 aliphatic carbocycles. The van der Waals surface area contributed by atoms with E-state index in [9.17, 15) is 0 Å². The third-order valence-electron chi connectivity index (χ3n) is 2.91. The van der Waals surface area contributed by atoms with E-state index in [-0.39, 0.29) is 0 Å². The van der Waals surface area contributed by atoms with E-state index in [1.165, 1.54) is 5.56 Å². The fourth-order valence-electron chi connectivity index (χ4n) is 1.98. The van der Waals surface area contributed by atoms with Crippen LogP contribution in [-0.2, 0) is 0 Å². The topological polar surface area (TPSA) is 38.7 Å². The molecule has 0 unspecified atom stereocenters. The average Bonchev–Trinajstić information content (AvgIpc) is 2.48. The molecule has 2 heterocycles. The minimum Gasteiger partial charge on any atom is -0.255 e. The summed E-state index contributed by atoms with van der Waals surface area (Å²) in [7, 11) is 0. The Balaban J connectivity index is 2.06. The molecular weight excluding hydrogens is 234 g/mol. The smallest absolute Gasteiger partial charge is 0.125 e. The van der Waals surface area contributed by atoms with Crippen LogP contribution in [0.5, 0.6) is 0 Å². The second kappa shape index (κ2) is 4.98. The van der Waals surface area contributed by atoms with Crippen LogP contribution in [0, 0.1) is 6.92 Å². The highest BCUT2D eigenvalue weighted by Crippen LogP contribution is 2.23. The Labute approximate surface area is 112 Å². The van der Waals surface area contributed by atoms with Crippen molar-refractivity contribution in [3.8, 4) is 22.5 Å².